The Bertz CT molecular complexity index is 599. The summed E-state index contributed by atoms with van der Waals surface area (Å²) in [7, 11) is 0. The van der Waals surface area contributed by atoms with Crippen molar-refractivity contribution in [3.63, 3.8) is 0 Å². The molecule has 0 aromatic heterocycles. The molecule has 1 fully saturated rings. The highest BCUT2D eigenvalue weighted by Crippen LogP contribution is 2.37. The third-order valence-electron chi connectivity index (χ3n) is 8.11. The summed E-state index contributed by atoms with van der Waals surface area (Å²) in [6, 6.07) is 9.45. The minimum absolute atomic E-state index is 0.976. The van der Waals surface area contributed by atoms with Gasteiger partial charge in [-0.2, -0.15) is 0 Å². The monoisotopic (exact) mass is 408 g/mol. The zero-order chi connectivity index (χ0) is 21.0. The molecule has 0 aliphatic heterocycles. The van der Waals surface area contributed by atoms with Crippen LogP contribution in [-0.2, 0) is 12.8 Å². The Labute approximate surface area is 187 Å². The molecular formula is C30H48. The van der Waals surface area contributed by atoms with Crippen molar-refractivity contribution >= 4 is 0 Å². The second kappa shape index (κ2) is 13.4. The van der Waals surface area contributed by atoms with E-state index in [1.807, 2.05) is 0 Å². The van der Waals surface area contributed by atoms with Crippen molar-refractivity contribution in [1.29, 1.82) is 0 Å². The van der Waals surface area contributed by atoms with Gasteiger partial charge in [0.2, 0.25) is 0 Å². The van der Waals surface area contributed by atoms with Gasteiger partial charge in [-0.3, -0.25) is 0 Å². The predicted octanol–water partition coefficient (Wildman–Crippen LogP) is 9.47. The molecule has 1 saturated carbocycles. The van der Waals surface area contributed by atoms with Crippen LogP contribution >= 0.6 is 0 Å². The van der Waals surface area contributed by atoms with Crippen molar-refractivity contribution in [3.8, 4) is 0 Å². The van der Waals surface area contributed by atoms with Crippen LogP contribution in [0.2, 0.25) is 0 Å². The molecule has 0 bridgehead atoms. The fourth-order valence-electron chi connectivity index (χ4n) is 5.76. The maximum absolute atomic E-state index is 2.62. The standard InChI is InChI=1S/C30H48/c1-3-5-7-25-9-13-27(14-10-25)17-19-29-21-23-30(24-22-29)20-18-28-15-11-26(12-16-28)8-6-4-2/h9-10,13-14,21,26,28,30H,3-8,11-12,15-20,22-24H2,1-2H3/t26-,28-,30?. The minimum atomic E-state index is 0.976. The molecule has 0 radical (unpaired) electrons. The quantitative estimate of drug-likeness (QED) is 0.302. The average Bonchev–Trinajstić information content (AvgIpc) is 2.80. The third kappa shape index (κ3) is 8.24. The highest BCUT2D eigenvalue weighted by molar-refractivity contribution is 5.23. The predicted molar refractivity (Wildman–Crippen MR) is 133 cm³/mol. The molecule has 1 aromatic carbocycles. The molecule has 1 atom stereocenters. The molecule has 0 heterocycles. The topological polar surface area (TPSA) is 0 Å². The van der Waals surface area contributed by atoms with Gasteiger partial charge in [-0.05, 0) is 80.2 Å². The van der Waals surface area contributed by atoms with Gasteiger partial charge in [-0.15, -0.1) is 0 Å². The van der Waals surface area contributed by atoms with Gasteiger partial charge in [0, 0.05) is 0 Å². The summed E-state index contributed by atoms with van der Waals surface area (Å²) in [6.07, 6.45) is 26.6. The summed E-state index contributed by atoms with van der Waals surface area (Å²) in [5, 5.41) is 0. The lowest BCUT2D eigenvalue weighted by Gasteiger charge is -2.30. The fourth-order valence-corrected chi connectivity index (χ4v) is 5.76. The van der Waals surface area contributed by atoms with Crippen LogP contribution in [0.4, 0.5) is 0 Å². The van der Waals surface area contributed by atoms with E-state index in [0.717, 1.165) is 17.8 Å². The highest BCUT2D eigenvalue weighted by Gasteiger charge is 2.22. The molecule has 0 saturated heterocycles. The second-order valence-corrected chi connectivity index (χ2v) is 10.5. The Kier molecular flexibility index (Phi) is 10.5. The van der Waals surface area contributed by atoms with E-state index in [0.29, 0.717) is 0 Å². The molecule has 0 N–H and O–H groups in total. The summed E-state index contributed by atoms with van der Waals surface area (Å²) in [5.74, 6) is 3.09. The largest absolute Gasteiger partial charge is 0.0850 e. The summed E-state index contributed by atoms with van der Waals surface area (Å²) in [5.41, 5.74) is 4.76. The normalized spacial score (nSPS) is 24.6. The van der Waals surface area contributed by atoms with Crippen LogP contribution in [0.15, 0.2) is 35.9 Å². The van der Waals surface area contributed by atoms with Gasteiger partial charge < -0.3 is 0 Å². The van der Waals surface area contributed by atoms with Gasteiger partial charge in [0.05, 0.1) is 0 Å². The number of benzene rings is 1. The molecule has 1 unspecified atom stereocenters. The lowest BCUT2D eigenvalue weighted by atomic mass is 9.76. The second-order valence-electron chi connectivity index (χ2n) is 10.5. The van der Waals surface area contributed by atoms with Crippen molar-refractivity contribution in [3.05, 3.63) is 47.0 Å². The number of aryl methyl sites for hydroxylation is 2. The van der Waals surface area contributed by atoms with Crippen molar-refractivity contribution in [2.75, 3.05) is 0 Å². The van der Waals surface area contributed by atoms with Gasteiger partial charge in [0.1, 0.15) is 0 Å². The maximum Gasteiger partial charge on any atom is -0.0241 e. The maximum atomic E-state index is 2.62. The van der Waals surface area contributed by atoms with Gasteiger partial charge >= 0.3 is 0 Å². The molecular weight excluding hydrogens is 360 g/mol. The van der Waals surface area contributed by atoms with Gasteiger partial charge in [0.25, 0.3) is 0 Å². The van der Waals surface area contributed by atoms with Crippen molar-refractivity contribution < 1.29 is 0 Å². The molecule has 0 heteroatoms. The Morgan fingerprint density at radius 2 is 1.23 bits per heavy atom. The smallest absolute Gasteiger partial charge is 0.0241 e. The molecule has 0 amide bonds. The Morgan fingerprint density at radius 1 is 0.633 bits per heavy atom. The molecule has 0 spiro atoms. The summed E-state index contributed by atoms with van der Waals surface area (Å²) < 4.78 is 0. The zero-order valence-corrected chi connectivity index (χ0v) is 20.1. The van der Waals surface area contributed by atoms with Crippen LogP contribution < -0.4 is 0 Å². The third-order valence-corrected chi connectivity index (χ3v) is 8.11. The molecule has 1 aromatic rings. The van der Waals surface area contributed by atoms with Gasteiger partial charge in [-0.1, -0.05) is 108 Å². The highest BCUT2D eigenvalue weighted by atomic mass is 14.3. The number of rotatable bonds is 12. The molecule has 2 aliphatic rings. The summed E-state index contributed by atoms with van der Waals surface area (Å²) in [6.45, 7) is 4.61. The van der Waals surface area contributed by atoms with Crippen molar-refractivity contribution in [2.24, 2.45) is 17.8 Å². The lowest BCUT2D eigenvalue weighted by Crippen LogP contribution is -2.16. The van der Waals surface area contributed by atoms with Crippen LogP contribution in [-0.4, -0.2) is 0 Å². The average molecular weight is 409 g/mol. The van der Waals surface area contributed by atoms with E-state index in [-0.39, 0.29) is 0 Å². The van der Waals surface area contributed by atoms with E-state index in [4.69, 9.17) is 0 Å². The SMILES string of the molecule is CCCCc1ccc(CCC2=CCC(CC[C@H]3CC[C@H](CCCC)CC3)CC2)cc1. The lowest BCUT2D eigenvalue weighted by molar-refractivity contribution is 0.235. The van der Waals surface area contributed by atoms with E-state index in [2.05, 4.69) is 44.2 Å². The van der Waals surface area contributed by atoms with E-state index >= 15 is 0 Å². The summed E-state index contributed by atoms with van der Waals surface area (Å²) in [4.78, 5) is 0. The van der Waals surface area contributed by atoms with Crippen LogP contribution in [0.3, 0.4) is 0 Å². The van der Waals surface area contributed by atoms with Gasteiger partial charge in [0.15, 0.2) is 0 Å². The van der Waals surface area contributed by atoms with Crippen molar-refractivity contribution in [2.45, 2.75) is 123 Å². The van der Waals surface area contributed by atoms with E-state index < -0.39 is 0 Å². The first kappa shape index (κ1) is 23.6. The summed E-state index contributed by atoms with van der Waals surface area (Å²) >= 11 is 0. The van der Waals surface area contributed by atoms with E-state index in [1.54, 1.807) is 5.57 Å². The van der Waals surface area contributed by atoms with Crippen LogP contribution in [0.25, 0.3) is 0 Å². The number of unbranched alkanes of at least 4 members (excludes halogenated alkanes) is 2. The molecule has 30 heavy (non-hydrogen) atoms. The number of hydrogen-bond donors (Lipinski definition) is 0. The van der Waals surface area contributed by atoms with Crippen LogP contribution in [0, 0.1) is 17.8 Å². The molecule has 2 aliphatic carbocycles. The van der Waals surface area contributed by atoms with Crippen LogP contribution in [0.1, 0.15) is 121 Å². The van der Waals surface area contributed by atoms with Crippen LogP contribution in [0.5, 0.6) is 0 Å². The van der Waals surface area contributed by atoms with E-state index in [9.17, 15) is 0 Å². The first-order chi connectivity index (χ1) is 14.8. The minimum Gasteiger partial charge on any atom is -0.0850 e. The first-order valence-corrected chi connectivity index (χ1v) is 13.5. The van der Waals surface area contributed by atoms with Crippen molar-refractivity contribution in [1.82, 2.24) is 0 Å². The first-order valence-electron chi connectivity index (χ1n) is 13.5. The zero-order valence-electron chi connectivity index (χ0n) is 20.1. The van der Waals surface area contributed by atoms with Gasteiger partial charge in [-0.25, -0.2) is 0 Å². The molecule has 168 valence electrons. The number of hydrogen-bond acceptors (Lipinski definition) is 0. The fraction of sp³-hybridized carbons (Fsp3) is 0.733. The Morgan fingerprint density at radius 3 is 1.83 bits per heavy atom. The molecule has 0 nitrogen and oxygen atoms in total. The Balaban J connectivity index is 1.30. The number of allylic oxidation sites excluding steroid dienone is 2. The molecule has 3 rings (SSSR count). The van der Waals surface area contributed by atoms with E-state index in [1.165, 1.54) is 120 Å². The Hall–Kier alpha value is -1.04.